The van der Waals surface area contributed by atoms with Crippen LogP contribution in [0.25, 0.3) is 16.8 Å². The van der Waals surface area contributed by atoms with Gasteiger partial charge in [0.15, 0.2) is 0 Å². The van der Waals surface area contributed by atoms with Crippen molar-refractivity contribution in [1.29, 1.82) is 0 Å². The van der Waals surface area contributed by atoms with E-state index in [1.165, 1.54) is 5.57 Å². The van der Waals surface area contributed by atoms with Crippen molar-refractivity contribution < 1.29 is 0 Å². The van der Waals surface area contributed by atoms with Gasteiger partial charge in [-0.25, -0.2) is 4.98 Å². The van der Waals surface area contributed by atoms with Gasteiger partial charge in [-0.2, -0.15) is 0 Å². The molecule has 1 unspecified atom stereocenters. The number of hydrogen-bond acceptors (Lipinski definition) is 2. The summed E-state index contributed by atoms with van der Waals surface area (Å²) in [6, 6.07) is 12.1. The molecule has 3 aromatic rings. The number of aromatic nitrogens is 2. The topological polar surface area (TPSA) is 40.7 Å². The molecular formula is C27H27BrClN3. The largest absolute Gasteiger partial charge is 0.388 e. The number of anilines is 1. The number of aromatic amines is 1. The van der Waals surface area contributed by atoms with Crippen LogP contribution in [0.2, 0.25) is 5.02 Å². The molecule has 0 aliphatic heterocycles. The SMILES string of the molecule is C=C(c1nc(-c2cc(Cl)ccc2C)c(C2C=C(CC)C=CC2)[nH]1)c1cc(Br)ccc1NC. The summed E-state index contributed by atoms with van der Waals surface area (Å²) in [6.07, 6.45) is 8.76. The highest BCUT2D eigenvalue weighted by molar-refractivity contribution is 9.10. The van der Waals surface area contributed by atoms with Crippen LogP contribution in [-0.2, 0) is 0 Å². The second kappa shape index (κ2) is 9.51. The maximum atomic E-state index is 6.38. The third kappa shape index (κ3) is 4.48. The van der Waals surface area contributed by atoms with Crippen molar-refractivity contribution in [1.82, 2.24) is 9.97 Å². The lowest BCUT2D eigenvalue weighted by Gasteiger charge is -2.17. The summed E-state index contributed by atoms with van der Waals surface area (Å²) in [7, 11) is 1.92. The average molecular weight is 509 g/mol. The Bertz CT molecular complexity index is 1240. The van der Waals surface area contributed by atoms with E-state index in [2.05, 4.69) is 71.0 Å². The van der Waals surface area contributed by atoms with Crippen molar-refractivity contribution >= 4 is 38.8 Å². The van der Waals surface area contributed by atoms with Crippen molar-refractivity contribution in [3.05, 3.63) is 98.9 Å². The van der Waals surface area contributed by atoms with Crippen LogP contribution in [0.1, 0.15) is 48.3 Å². The van der Waals surface area contributed by atoms with Crippen LogP contribution >= 0.6 is 27.5 Å². The molecule has 0 fully saturated rings. The molecule has 0 saturated heterocycles. The van der Waals surface area contributed by atoms with Gasteiger partial charge in [-0.1, -0.05) is 70.9 Å². The van der Waals surface area contributed by atoms with Crippen LogP contribution in [0.5, 0.6) is 0 Å². The smallest absolute Gasteiger partial charge is 0.138 e. The minimum absolute atomic E-state index is 0.226. The molecule has 164 valence electrons. The number of aryl methyl sites for hydroxylation is 1. The standard InChI is InChI=1S/C27H27BrClN3/c1-5-18-7-6-8-19(13-18)25-26(22-15-21(29)11-9-16(22)2)32-27(31-25)17(3)23-14-20(28)10-12-24(23)30-4/h6-7,9-15,19,30H,3,5,8H2,1-2,4H3,(H,31,32). The first-order valence-electron chi connectivity index (χ1n) is 10.8. The monoisotopic (exact) mass is 507 g/mol. The molecule has 0 bridgehead atoms. The number of nitrogens with one attached hydrogen (secondary N) is 2. The third-order valence-electron chi connectivity index (χ3n) is 5.96. The second-order valence-corrected chi connectivity index (χ2v) is 9.42. The number of nitrogens with zero attached hydrogens (tertiary/aromatic N) is 1. The molecule has 0 spiro atoms. The van der Waals surface area contributed by atoms with Crippen LogP contribution in [0, 0.1) is 6.92 Å². The van der Waals surface area contributed by atoms with Gasteiger partial charge in [0.05, 0.1) is 11.4 Å². The van der Waals surface area contributed by atoms with E-state index in [-0.39, 0.29) is 5.92 Å². The van der Waals surface area contributed by atoms with Crippen LogP contribution in [0.15, 0.2) is 71.3 Å². The number of allylic oxidation sites excluding steroid dienone is 4. The summed E-state index contributed by atoms with van der Waals surface area (Å²) in [5.74, 6) is 0.994. The first-order valence-corrected chi connectivity index (χ1v) is 12.0. The van der Waals surface area contributed by atoms with Crippen LogP contribution in [0.3, 0.4) is 0 Å². The number of imidazole rings is 1. The lowest BCUT2D eigenvalue weighted by molar-refractivity contribution is 0.808. The Hall–Kier alpha value is -2.56. The van der Waals surface area contributed by atoms with Crippen LogP contribution in [0.4, 0.5) is 5.69 Å². The molecule has 0 radical (unpaired) electrons. The molecule has 3 nitrogen and oxygen atoms in total. The van der Waals surface area contributed by atoms with Crippen molar-refractivity contribution in [2.45, 2.75) is 32.6 Å². The van der Waals surface area contributed by atoms with E-state index in [1.807, 2.05) is 37.4 Å². The summed E-state index contributed by atoms with van der Waals surface area (Å²) in [5, 5.41) is 3.97. The minimum Gasteiger partial charge on any atom is -0.388 e. The Kier molecular flexibility index (Phi) is 6.73. The average Bonchev–Trinajstić information content (AvgIpc) is 3.25. The maximum Gasteiger partial charge on any atom is 0.138 e. The Balaban J connectivity index is 1.87. The van der Waals surface area contributed by atoms with Crippen molar-refractivity contribution in [3.8, 4) is 11.3 Å². The number of rotatable bonds is 6. The Morgan fingerprint density at radius 1 is 1.28 bits per heavy atom. The molecule has 1 atom stereocenters. The number of H-pyrrole nitrogens is 1. The predicted molar refractivity (Wildman–Crippen MR) is 140 cm³/mol. The van der Waals surface area contributed by atoms with Gasteiger partial charge in [0.2, 0.25) is 0 Å². The molecule has 5 heteroatoms. The lowest BCUT2D eigenvalue weighted by Crippen LogP contribution is -2.02. The first kappa shape index (κ1) is 22.6. The van der Waals surface area contributed by atoms with E-state index in [0.717, 1.165) is 62.5 Å². The Morgan fingerprint density at radius 2 is 2.09 bits per heavy atom. The van der Waals surface area contributed by atoms with Gasteiger partial charge in [-0.05, 0) is 55.7 Å². The molecule has 0 saturated carbocycles. The van der Waals surface area contributed by atoms with E-state index >= 15 is 0 Å². The highest BCUT2D eigenvalue weighted by Gasteiger charge is 2.23. The molecular weight excluding hydrogens is 482 g/mol. The summed E-state index contributed by atoms with van der Waals surface area (Å²) in [4.78, 5) is 8.71. The van der Waals surface area contributed by atoms with Crippen LogP contribution in [-0.4, -0.2) is 17.0 Å². The van der Waals surface area contributed by atoms with Gasteiger partial charge in [-0.3, -0.25) is 0 Å². The highest BCUT2D eigenvalue weighted by atomic mass is 79.9. The van der Waals surface area contributed by atoms with Crippen molar-refractivity contribution in [3.63, 3.8) is 0 Å². The van der Waals surface area contributed by atoms with E-state index in [1.54, 1.807) is 0 Å². The molecule has 1 aromatic heterocycles. The van der Waals surface area contributed by atoms with Crippen molar-refractivity contribution in [2.75, 3.05) is 12.4 Å². The van der Waals surface area contributed by atoms with Gasteiger partial charge >= 0.3 is 0 Å². The molecule has 2 aromatic carbocycles. The fraction of sp³-hybridized carbons (Fsp3) is 0.222. The zero-order valence-electron chi connectivity index (χ0n) is 18.6. The fourth-order valence-corrected chi connectivity index (χ4v) is 4.68. The Labute approximate surface area is 203 Å². The lowest BCUT2D eigenvalue weighted by atomic mass is 9.89. The van der Waals surface area contributed by atoms with E-state index in [0.29, 0.717) is 5.02 Å². The first-order chi connectivity index (χ1) is 15.4. The molecule has 0 amide bonds. The number of benzene rings is 2. The van der Waals surface area contributed by atoms with E-state index in [4.69, 9.17) is 16.6 Å². The molecule has 2 N–H and O–H groups in total. The van der Waals surface area contributed by atoms with Gasteiger partial charge in [-0.15, -0.1) is 0 Å². The van der Waals surface area contributed by atoms with Gasteiger partial charge in [0, 0.05) is 44.8 Å². The zero-order chi connectivity index (χ0) is 22.8. The highest BCUT2D eigenvalue weighted by Crippen LogP contribution is 2.38. The molecule has 1 aliphatic carbocycles. The predicted octanol–water partition coefficient (Wildman–Crippen LogP) is 8.28. The number of hydrogen-bond donors (Lipinski definition) is 2. The van der Waals surface area contributed by atoms with Gasteiger partial charge in [0.1, 0.15) is 5.82 Å². The molecule has 1 heterocycles. The molecule has 32 heavy (non-hydrogen) atoms. The molecule has 1 aliphatic rings. The van der Waals surface area contributed by atoms with E-state index in [9.17, 15) is 0 Å². The normalized spacial score (nSPS) is 15.5. The third-order valence-corrected chi connectivity index (χ3v) is 6.69. The summed E-state index contributed by atoms with van der Waals surface area (Å²) in [5.41, 5.74) is 8.42. The van der Waals surface area contributed by atoms with Gasteiger partial charge in [0.25, 0.3) is 0 Å². The summed E-state index contributed by atoms with van der Waals surface area (Å²) >= 11 is 9.97. The van der Waals surface area contributed by atoms with Crippen LogP contribution < -0.4 is 5.32 Å². The number of halogens is 2. The van der Waals surface area contributed by atoms with E-state index < -0.39 is 0 Å². The Morgan fingerprint density at radius 3 is 2.84 bits per heavy atom. The zero-order valence-corrected chi connectivity index (χ0v) is 20.9. The fourth-order valence-electron chi connectivity index (χ4n) is 4.15. The second-order valence-electron chi connectivity index (χ2n) is 8.07. The maximum absolute atomic E-state index is 6.38. The molecule has 4 rings (SSSR count). The van der Waals surface area contributed by atoms with Crippen molar-refractivity contribution in [2.24, 2.45) is 0 Å². The summed E-state index contributed by atoms with van der Waals surface area (Å²) < 4.78 is 0.998. The quantitative estimate of drug-likeness (QED) is 0.352. The summed E-state index contributed by atoms with van der Waals surface area (Å²) in [6.45, 7) is 8.68. The van der Waals surface area contributed by atoms with Gasteiger partial charge < -0.3 is 10.3 Å². The minimum atomic E-state index is 0.226.